The molecule has 2 N–H and O–H groups in total. The Morgan fingerprint density at radius 1 is 0.925 bits per heavy atom. The third kappa shape index (κ3) is 6.54. The van der Waals surface area contributed by atoms with Gasteiger partial charge in [-0.2, -0.15) is 0 Å². The third-order valence-corrected chi connectivity index (χ3v) is 9.39. The van der Waals surface area contributed by atoms with Crippen molar-refractivity contribution in [2.75, 3.05) is 26.2 Å². The van der Waals surface area contributed by atoms with Crippen LogP contribution in [0.3, 0.4) is 0 Å². The summed E-state index contributed by atoms with van der Waals surface area (Å²) in [5.41, 5.74) is 9.18. The zero-order valence-corrected chi connectivity index (χ0v) is 24.4. The molecule has 5 rings (SSSR count). The summed E-state index contributed by atoms with van der Waals surface area (Å²) in [4.78, 5) is 31.3. The molecule has 2 saturated heterocycles. The van der Waals surface area contributed by atoms with E-state index in [-0.39, 0.29) is 17.9 Å². The van der Waals surface area contributed by atoms with Crippen LogP contribution in [0.5, 0.6) is 0 Å². The summed E-state index contributed by atoms with van der Waals surface area (Å²) in [5, 5.41) is 1.02. The zero-order valence-electron chi connectivity index (χ0n) is 22.9. The highest BCUT2D eigenvalue weighted by Gasteiger charge is 2.42. The number of nitrogens with zero attached hydrogens (tertiary/aromatic N) is 2. The molecule has 5 atom stereocenters. The van der Waals surface area contributed by atoms with Crippen molar-refractivity contribution >= 4 is 35.0 Å². The minimum atomic E-state index is -0.634. The maximum atomic E-state index is 14.4. The Morgan fingerprint density at radius 2 is 1.57 bits per heavy atom. The van der Waals surface area contributed by atoms with Crippen LogP contribution in [-0.2, 0) is 16.0 Å². The first-order valence-electron chi connectivity index (χ1n) is 14.2. The second-order valence-corrected chi connectivity index (χ2v) is 12.2. The lowest BCUT2D eigenvalue weighted by Crippen LogP contribution is -2.48. The standard InChI is InChI=1S/C33H37Cl2N3O2/c1-22(32(36)39)30(17-25-12-13-28(34)18-31(25)35)33(40)38-20-27(24-10-6-3-7-11-24)16-29(38)21-37-15-14-26(19-37)23-8-4-2-5-9-23/h2-13,18,22,26-27,29-30H,14-17,19-21H2,1H3,(H2,36,39)/t22?,26?,27-,29-,30-/m0/s1. The Morgan fingerprint density at radius 3 is 2.20 bits per heavy atom. The van der Waals surface area contributed by atoms with Crippen molar-refractivity contribution in [2.45, 2.75) is 44.1 Å². The number of halogens is 2. The number of benzene rings is 3. The number of likely N-dealkylation sites (tertiary alicyclic amines) is 2. The maximum Gasteiger partial charge on any atom is 0.227 e. The van der Waals surface area contributed by atoms with Gasteiger partial charge in [-0.15, -0.1) is 0 Å². The minimum absolute atomic E-state index is 0.0282. The van der Waals surface area contributed by atoms with Crippen molar-refractivity contribution in [3.8, 4) is 0 Å². The molecule has 0 bridgehead atoms. The molecular weight excluding hydrogens is 541 g/mol. The molecule has 5 nitrogen and oxygen atoms in total. The van der Waals surface area contributed by atoms with Gasteiger partial charge in [-0.1, -0.05) is 96.9 Å². The summed E-state index contributed by atoms with van der Waals surface area (Å²) in [6.07, 6.45) is 2.34. The second kappa shape index (κ2) is 12.8. The Kier molecular flexibility index (Phi) is 9.14. The van der Waals surface area contributed by atoms with Gasteiger partial charge < -0.3 is 15.5 Å². The quantitative estimate of drug-likeness (QED) is 0.332. The fraction of sp³-hybridized carbons (Fsp3) is 0.394. The van der Waals surface area contributed by atoms with Crippen molar-refractivity contribution in [1.82, 2.24) is 9.80 Å². The van der Waals surface area contributed by atoms with Gasteiger partial charge in [-0.3, -0.25) is 9.59 Å². The van der Waals surface area contributed by atoms with Crippen LogP contribution in [0.4, 0.5) is 0 Å². The molecule has 2 heterocycles. The molecule has 0 radical (unpaired) electrons. The highest BCUT2D eigenvalue weighted by molar-refractivity contribution is 6.35. The van der Waals surface area contributed by atoms with E-state index in [1.54, 1.807) is 19.1 Å². The summed E-state index contributed by atoms with van der Waals surface area (Å²) >= 11 is 12.6. The van der Waals surface area contributed by atoms with Crippen LogP contribution in [-0.4, -0.2) is 53.8 Å². The Labute approximate surface area is 247 Å². The number of carbonyl (C=O) groups excluding carboxylic acids is 2. The monoisotopic (exact) mass is 577 g/mol. The summed E-state index contributed by atoms with van der Waals surface area (Å²) in [5.74, 6) is -1.00. The van der Waals surface area contributed by atoms with Gasteiger partial charge in [0.2, 0.25) is 11.8 Å². The smallest absolute Gasteiger partial charge is 0.227 e. The van der Waals surface area contributed by atoms with Gasteiger partial charge in [0.25, 0.3) is 0 Å². The summed E-state index contributed by atoms with van der Waals surface area (Å²) in [6, 6.07) is 26.4. The fourth-order valence-corrected chi connectivity index (χ4v) is 6.92. The van der Waals surface area contributed by atoms with Crippen molar-refractivity contribution in [1.29, 1.82) is 0 Å². The van der Waals surface area contributed by atoms with E-state index in [2.05, 4.69) is 59.5 Å². The average Bonchev–Trinajstić information content (AvgIpc) is 3.61. The molecule has 2 fully saturated rings. The summed E-state index contributed by atoms with van der Waals surface area (Å²) < 4.78 is 0. The van der Waals surface area contributed by atoms with Crippen LogP contribution in [0.2, 0.25) is 10.0 Å². The van der Waals surface area contributed by atoms with E-state index in [1.165, 1.54) is 11.1 Å². The van der Waals surface area contributed by atoms with Gasteiger partial charge in [-0.25, -0.2) is 0 Å². The molecule has 2 unspecified atom stereocenters. The van der Waals surface area contributed by atoms with E-state index in [1.807, 2.05) is 17.0 Å². The number of nitrogens with two attached hydrogens (primary N) is 1. The minimum Gasteiger partial charge on any atom is -0.369 e. The van der Waals surface area contributed by atoms with E-state index < -0.39 is 17.7 Å². The fourth-order valence-electron chi connectivity index (χ4n) is 6.43. The molecule has 0 aliphatic carbocycles. The van der Waals surface area contributed by atoms with Crippen LogP contribution in [0.1, 0.15) is 48.3 Å². The highest BCUT2D eigenvalue weighted by Crippen LogP contribution is 2.37. The Balaban J connectivity index is 1.39. The molecular formula is C33H37Cl2N3O2. The number of carbonyl (C=O) groups is 2. The number of hydrogen-bond donors (Lipinski definition) is 1. The predicted molar refractivity (Wildman–Crippen MR) is 162 cm³/mol. The van der Waals surface area contributed by atoms with E-state index in [0.29, 0.717) is 28.9 Å². The summed E-state index contributed by atoms with van der Waals surface area (Å²) in [6.45, 7) is 5.19. The molecule has 0 aromatic heterocycles. The molecule has 0 spiro atoms. The normalized spacial score (nSPS) is 22.8. The molecule has 0 saturated carbocycles. The van der Waals surface area contributed by atoms with Crippen LogP contribution >= 0.6 is 23.2 Å². The SMILES string of the molecule is CC(C(N)=O)[C@H](Cc1ccc(Cl)cc1Cl)C(=O)N1C[C@@H](c2ccccc2)C[C@H]1CN1CCC(c2ccccc2)C1. The lowest BCUT2D eigenvalue weighted by atomic mass is 9.86. The van der Waals surface area contributed by atoms with E-state index in [9.17, 15) is 9.59 Å². The number of hydrogen-bond acceptors (Lipinski definition) is 3. The number of primary amides is 1. The third-order valence-electron chi connectivity index (χ3n) is 8.81. The van der Waals surface area contributed by atoms with Crippen LogP contribution < -0.4 is 5.73 Å². The molecule has 210 valence electrons. The van der Waals surface area contributed by atoms with E-state index in [0.717, 1.165) is 38.0 Å². The Hall–Kier alpha value is -2.86. The van der Waals surface area contributed by atoms with Gasteiger partial charge in [-0.05, 0) is 60.5 Å². The van der Waals surface area contributed by atoms with Gasteiger partial charge in [0.1, 0.15) is 0 Å². The topological polar surface area (TPSA) is 66.6 Å². The maximum absolute atomic E-state index is 14.4. The largest absolute Gasteiger partial charge is 0.369 e. The molecule has 2 amide bonds. The molecule has 3 aromatic rings. The lowest BCUT2D eigenvalue weighted by molar-refractivity contribution is -0.141. The first-order chi connectivity index (χ1) is 19.3. The van der Waals surface area contributed by atoms with Gasteiger partial charge in [0.15, 0.2) is 0 Å². The zero-order chi connectivity index (χ0) is 28.2. The average molecular weight is 579 g/mol. The predicted octanol–water partition coefficient (Wildman–Crippen LogP) is 6.15. The second-order valence-electron chi connectivity index (χ2n) is 11.4. The first kappa shape index (κ1) is 28.7. The van der Waals surface area contributed by atoms with Gasteiger partial charge in [0, 0.05) is 47.6 Å². The van der Waals surface area contributed by atoms with Crippen LogP contribution in [0.25, 0.3) is 0 Å². The van der Waals surface area contributed by atoms with Crippen molar-refractivity contribution in [3.05, 3.63) is 106 Å². The van der Waals surface area contributed by atoms with Crippen molar-refractivity contribution in [3.63, 3.8) is 0 Å². The highest BCUT2D eigenvalue weighted by atomic mass is 35.5. The first-order valence-corrected chi connectivity index (χ1v) is 14.9. The van der Waals surface area contributed by atoms with Gasteiger partial charge in [0.05, 0.1) is 5.92 Å². The van der Waals surface area contributed by atoms with Gasteiger partial charge >= 0.3 is 0 Å². The van der Waals surface area contributed by atoms with Crippen LogP contribution in [0, 0.1) is 11.8 Å². The molecule has 40 heavy (non-hydrogen) atoms. The lowest BCUT2D eigenvalue weighted by Gasteiger charge is -2.33. The molecule has 2 aliphatic rings. The molecule has 7 heteroatoms. The van der Waals surface area contributed by atoms with E-state index >= 15 is 0 Å². The van der Waals surface area contributed by atoms with Crippen LogP contribution in [0.15, 0.2) is 78.9 Å². The Bertz CT molecular complexity index is 1320. The van der Waals surface area contributed by atoms with Crippen molar-refractivity contribution in [2.24, 2.45) is 17.6 Å². The summed E-state index contributed by atoms with van der Waals surface area (Å²) in [7, 11) is 0. The van der Waals surface area contributed by atoms with E-state index in [4.69, 9.17) is 28.9 Å². The molecule has 3 aromatic carbocycles. The number of amides is 2. The molecule has 2 aliphatic heterocycles. The van der Waals surface area contributed by atoms with Crippen molar-refractivity contribution < 1.29 is 9.59 Å². The number of rotatable bonds is 9.